The Morgan fingerprint density at radius 2 is 2.28 bits per heavy atom. The SMILES string of the molecule is CCCC1CN(c2cnccc2C)C(CC)CN1. The van der Waals surface area contributed by atoms with Crippen molar-refractivity contribution in [1.29, 1.82) is 0 Å². The van der Waals surface area contributed by atoms with Crippen LogP contribution in [0.3, 0.4) is 0 Å². The monoisotopic (exact) mass is 247 g/mol. The maximum Gasteiger partial charge on any atom is 0.0585 e. The standard InChI is InChI=1S/C15H25N3/c1-4-6-13-11-18(14(5-2)9-17-13)15-10-16-8-7-12(15)3/h7-8,10,13-14,17H,4-6,9,11H2,1-3H3. The number of aryl methyl sites for hydroxylation is 1. The molecule has 2 rings (SSSR count). The summed E-state index contributed by atoms with van der Waals surface area (Å²) in [6.45, 7) is 8.91. The van der Waals surface area contributed by atoms with Crippen LogP contribution in [0.1, 0.15) is 38.7 Å². The van der Waals surface area contributed by atoms with Gasteiger partial charge in [0.05, 0.1) is 11.9 Å². The number of hydrogen-bond donors (Lipinski definition) is 1. The second kappa shape index (κ2) is 6.19. The molecule has 1 N–H and O–H groups in total. The molecule has 3 nitrogen and oxygen atoms in total. The number of aromatic nitrogens is 1. The molecule has 1 saturated heterocycles. The van der Waals surface area contributed by atoms with E-state index >= 15 is 0 Å². The molecule has 1 aromatic heterocycles. The normalized spacial score (nSPS) is 24.3. The summed E-state index contributed by atoms with van der Waals surface area (Å²) in [6, 6.07) is 3.33. The smallest absolute Gasteiger partial charge is 0.0585 e. The molecule has 1 fully saturated rings. The summed E-state index contributed by atoms with van der Waals surface area (Å²) in [5.41, 5.74) is 2.65. The van der Waals surface area contributed by atoms with Crippen LogP contribution in [-0.4, -0.2) is 30.2 Å². The van der Waals surface area contributed by atoms with Gasteiger partial charge in [-0.3, -0.25) is 4.98 Å². The summed E-state index contributed by atoms with van der Waals surface area (Å²) in [5, 5.41) is 3.68. The first-order valence-corrected chi connectivity index (χ1v) is 7.16. The van der Waals surface area contributed by atoms with Crippen molar-refractivity contribution in [2.45, 2.75) is 52.1 Å². The van der Waals surface area contributed by atoms with Crippen molar-refractivity contribution in [2.75, 3.05) is 18.0 Å². The molecule has 0 bridgehead atoms. The van der Waals surface area contributed by atoms with Gasteiger partial charge in [0.1, 0.15) is 0 Å². The molecule has 0 spiro atoms. The molecule has 0 amide bonds. The Labute approximate surface area is 111 Å². The molecule has 100 valence electrons. The third-order valence-corrected chi connectivity index (χ3v) is 3.93. The second-order valence-corrected chi connectivity index (χ2v) is 5.27. The number of anilines is 1. The van der Waals surface area contributed by atoms with Crippen LogP contribution in [0.2, 0.25) is 0 Å². The van der Waals surface area contributed by atoms with Crippen LogP contribution >= 0.6 is 0 Å². The first kappa shape index (κ1) is 13.3. The van der Waals surface area contributed by atoms with Gasteiger partial charge in [-0.2, -0.15) is 0 Å². The zero-order valence-electron chi connectivity index (χ0n) is 11.8. The number of rotatable bonds is 4. The summed E-state index contributed by atoms with van der Waals surface area (Å²) in [7, 11) is 0. The van der Waals surface area contributed by atoms with Gasteiger partial charge in [0.25, 0.3) is 0 Å². The molecule has 2 heterocycles. The van der Waals surface area contributed by atoms with Gasteiger partial charge < -0.3 is 10.2 Å². The molecular weight excluding hydrogens is 222 g/mol. The van der Waals surface area contributed by atoms with E-state index in [1.54, 1.807) is 0 Å². The molecule has 0 radical (unpaired) electrons. The minimum Gasteiger partial charge on any atom is -0.364 e. The number of piperazine rings is 1. The third-order valence-electron chi connectivity index (χ3n) is 3.93. The highest BCUT2D eigenvalue weighted by Crippen LogP contribution is 2.24. The van der Waals surface area contributed by atoms with Crippen LogP contribution in [0, 0.1) is 6.92 Å². The predicted molar refractivity (Wildman–Crippen MR) is 77.1 cm³/mol. The Hall–Kier alpha value is -1.09. The molecule has 2 atom stereocenters. The summed E-state index contributed by atoms with van der Waals surface area (Å²) in [5.74, 6) is 0. The van der Waals surface area contributed by atoms with Crippen molar-refractivity contribution in [3.8, 4) is 0 Å². The highest BCUT2D eigenvalue weighted by Gasteiger charge is 2.27. The number of nitrogens with one attached hydrogen (secondary N) is 1. The first-order valence-electron chi connectivity index (χ1n) is 7.16. The Bertz CT molecular complexity index is 378. The van der Waals surface area contributed by atoms with Crippen molar-refractivity contribution >= 4 is 5.69 Å². The zero-order chi connectivity index (χ0) is 13.0. The lowest BCUT2D eigenvalue weighted by atomic mass is 10.0. The Morgan fingerprint density at radius 3 is 2.94 bits per heavy atom. The maximum atomic E-state index is 4.30. The van der Waals surface area contributed by atoms with Gasteiger partial charge in [-0.15, -0.1) is 0 Å². The fourth-order valence-corrected chi connectivity index (χ4v) is 2.82. The average molecular weight is 247 g/mol. The van der Waals surface area contributed by atoms with Crippen LogP contribution < -0.4 is 10.2 Å². The number of pyridine rings is 1. The van der Waals surface area contributed by atoms with E-state index in [9.17, 15) is 0 Å². The summed E-state index contributed by atoms with van der Waals surface area (Å²) in [6.07, 6.45) is 7.58. The van der Waals surface area contributed by atoms with Crippen molar-refractivity contribution < 1.29 is 0 Å². The van der Waals surface area contributed by atoms with Crippen LogP contribution in [0.25, 0.3) is 0 Å². The largest absolute Gasteiger partial charge is 0.364 e. The lowest BCUT2D eigenvalue weighted by molar-refractivity contribution is 0.369. The fraction of sp³-hybridized carbons (Fsp3) is 0.667. The molecular formula is C15H25N3. The van der Waals surface area contributed by atoms with E-state index in [2.05, 4.69) is 42.0 Å². The lowest BCUT2D eigenvalue weighted by Gasteiger charge is -2.42. The minimum absolute atomic E-state index is 0.598. The van der Waals surface area contributed by atoms with Gasteiger partial charge in [-0.05, 0) is 31.4 Å². The number of nitrogens with zero attached hydrogens (tertiary/aromatic N) is 2. The van der Waals surface area contributed by atoms with E-state index in [-0.39, 0.29) is 0 Å². The van der Waals surface area contributed by atoms with Gasteiger partial charge in [0, 0.05) is 31.4 Å². The van der Waals surface area contributed by atoms with Gasteiger partial charge in [0.15, 0.2) is 0 Å². The van der Waals surface area contributed by atoms with Crippen molar-refractivity contribution in [1.82, 2.24) is 10.3 Å². The van der Waals surface area contributed by atoms with E-state index in [0.29, 0.717) is 12.1 Å². The molecule has 0 aliphatic carbocycles. The van der Waals surface area contributed by atoms with Crippen LogP contribution in [0.15, 0.2) is 18.5 Å². The van der Waals surface area contributed by atoms with Gasteiger partial charge in [0.2, 0.25) is 0 Å². The molecule has 0 aromatic carbocycles. The minimum atomic E-state index is 0.598. The topological polar surface area (TPSA) is 28.2 Å². The molecule has 0 saturated carbocycles. The van der Waals surface area contributed by atoms with Crippen molar-refractivity contribution in [3.63, 3.8) is 0 Å². The molecule has 18 heavy (non-hydrogen) atoms. The first-order chi connectivity index (χ1) is 8.76. The Kier molecular flexibility index (Phi) is 4.59. The van der Waals surface area contributed by atoms with E-state index in [1.807, 2.05) is 12.4 Å². The van der Waals surface area contributed by atoms with E-state index in [1.165, 1.54) is 30.5 Å². The third kappa shape index (κ3) is 2.83. The molecule has 1 aliphatic rings. The molecule has 2 unspecified atom stereocenters. The molecule has 1 aromatic rings. The van der Waals surface area contributed by atoms with E-state index in [4.69, 9.17) is 0 Å². The highest BCUT2D eigenvalue weighted by atomic mass is 15.2. The summed E-state index contributed by atoms with van der Waals surface area (Å²) < 4.78 is 0. The second-order valence-electron chi connectivity index (χ2n) is 5.27. The predicted octanol–water partition coefficient (Wildman–Crippen LogP) is 2.75. The quantitative estimate of drug-likeness (QED) is 0.886. The van der Waals surface area contributed by atoms with Gasteiger partial charge >= 0.3 is 0 Å². The molecule has 1 aliphatic heterocycles. The maximum absolute atomic E-state index is 4.30. The highest BCUT2D eigenvalue weighted by molar-refractivity contribution is 5.52. The Morgan fingerprint density at radius 1 is 1.44 bits per heavy atom. The number of hydrogen-bond acceptors (Lipinski definition) is 3. The summed E-state index contributed by atoms with van der Waals surface area (Å²) >= 11 is 0. The zero-order valence-corrected chi connectivity index (χ0v) is 11.8. The average Bonchev–Trinajstić information content (AvgIpc) is 2.40. The fourth-order valence-electron chi connectivity index (χ4n) is 2.82. The van der Waals surface area contributed by atoms with Crippen molar-refractivity contribution in [3.05, 3.63) is 24.0 Å². The Balaban J connectivity index is 2.18. The van der Waals surface area contributed by atoms with Gasteiger partial charge in [-0.25, -0.2) is 0 Å². The van der Waals surface area contributed by atoms with Crippen LogP contribution in [-0.2, 0) is 0 Å². The van der Waals surface area contributed by atoms with Crippen LogP contribution in [0.5, 0.6) is 0 Å². The van der Waals surface area contributed by atoms with E-state index < -0.39 is 0 Å². The van der Waals surface area contributed by atoms with Crippen LogP contribution in [0.4, 0.5) is 5.69 Å². The van der Waals surface area contributed by atoms with Gasteiger partial charge in [-0.1, -0.05) is 20.3 Å². The lowest BCUT2D eigenvalue weighted by Crippen LogP contribution is -2.56. The van der Waals surface area contributed by atoms with E-state index in [0.717, 1.165) is 13.1 Å². The molecule has 3 heteroatoms. The van der Waals surface area contributed by atoms with Crippen molar-refractivity contribution in [2.24, 2.45) is 0 Å². The summed E-state index contributed by atoms with van der Waals surface area (Å²) in [4.78, 5) is 6.85.